The first kappa shape index (κ1) is 27.4. The lowest BCUT2D eigenvalue weighted by Crippen LogP contribution is -2.48. The zero-order chi connectivity index (χ0) is 32.0. The van der Waals surface area contributed by atoms with E-state index in [1.165, 1.54) is 21.1 Å². The van der Waals surface area contributed by atoms with Crippen LogP contribution in [0.3, 0.4) is 0 Å². The summed E-state index contributed by atoms with van der Waals surface area (Å²) >= 11 is 3.05. The second-order valence-corrected chi connectivity index (χ2v) is 15.7. The maximum Gasteiger partial charge on any atom is 0.263 e. The van der Waals surface area contributed by atoms with E-state index in [0.717, 1.165) is 106 Å². The fraction of sp³-hybridized carbons (Fsp3) is 0.316. The average molecular weight is 669 g/mol. The normalized spacial score (nSPS) is 19.6. The van der Waals surface area contributed by atoms with E-state index >= 15 is 0 Å². The third-order valence-corrected chi connectivity index (χ3v) is 13.5. The summed E-state index contributed by atoms with van der Waals surface area (Å²) < 4.78 is 1.73. The third-order valence-electron chi connectivity index (χ3n) is 11.6. The Morgan fingerprint density at radius 3 is 1.65 bits per heavy atom. The van der Waals surface area contributed by atoms with Crippen LogP contribution in [0, 0.1) is 0 Å². The molecule has 2 fully saturated rings. The van der Waals surface area contributed by atoms with Crippen molar-refractivity contribution in [1.29, 1.82) is 0 Å². The smallest absolute Gasteiger partial charge is 0.263 e. The number of thiophene rings is 2. The zero-order valence-corrected chi connectivity index (χ0v) is 27.6. The summed E-state index contributed by atoms with van der Waals surface area (Å²) in [6.07, 6.45) is 12.9. The molecule has 2 aliphatic carbocycles. The Morgan fingerprint density at radius 2 is 1.02 bits per heavy atom. The lowest BCUT2D eigenvalue weighted by atomic mass is 9.83. The Bertz CT molecular complexity index is 2460. The Kier molecular flexibility index (Phi) is 5.45. The largest absolute Gasteiger partial charge is 0.271 e. The number of imide groups is 2. The van der Waals surface area contributed by atoms with Gasteiger partial charge in [-0.1, -0.05) is 38.5 Å². The molecule has 0 atom stereocenters. The molecule has 0 bridgehead atoms. The van der Waals surface area contributed by atoms with Gasteiger partial charge in [0, 0.05) is 77.0 Å². The number of amides is 4. The van der Waals surface area contributed by atoms with Crippen molar-refractivity contribution < 1.29 is 19.2 Å². The molecule has 0 saturated heterocycles. The molecule has 4 aromatic heterocycles. The van der Waals surface area contributed by atoms with Gasteiger partial charge in [0.15, 0.2) is 0 Å². The summed E-state index contributed by atoms with van der Waals surface area (Å²) in [5, 5.41) is 10.1. The van der Waals surface area contributed by atoms with Crippen molar-refractivity contribution in [2.75, 3.05) is 0 Å². The predicted octanol–water partition coefficient (Wildman–Crippen LogP) is 8.81. The molecule has 0 radical (unpaired) electrons. The van der Waals surface area contributed by atoms with Gasteiger partial charge >= 0.3 is 0 Å². The van der Waals surface area contributed by atoms with Crippen LogP contribution in [-0.2, 0) is 0 Å². The molecule has 0 spiro atoms. The van der Waals surface area contributed by atoms with Gasteiger partial charge in [0.25, 0.3) is 23.6 Å². The summed E-state index contributed by atoms with van der Waals surface area (Å²) in [6, 6.07) is 3.78. The van der Waals surface area contributed by atoms with E-state index in [0.29, 0.717) is 44.1 Å². The summed E-state index contributed by atoms with van der Waals surface area (Å²) in [7, 11) is 0. The van der Waals surface area contributed by atoms with Crippen molar-refractivity contribution in [2.24, 2.45) is 0 Å². The van der Waals surface area contributed by atoms with Crippen molar-refractivity contribution in [1.82, 2.24) is 19.8 Å². The minimum atomic E-state index is -0.275. The van der Waals surface area contributed by atoms with Gasteiger partial charge in [-0.2, -0.15) is 0 Å². The Morgan fingerprint density at radius 1 is 0.521 bits per heavy atom. The minimum Gasteiger partial charge on any atom is -0.271 e. The maximum atomic E-state index is 14.5. The monoisotopic (exact) mass is 668 g/mol. The van der Waals surface area contributed by atoms with Crippen LogP contribution in [0.25, 0.3) is 63.5 Å². The lowest BCUT2D eigenvalue weighted by molar-refractivity contribution is 0.0488. The van der Waals surface area contributed by atoms with Crippen LogP contribution < -0.4 is 0 Å². The SMILES string of the molecule is O=C1c2cnc3c4c2c(c2sccc2c4c2ncc4c5c(c6ccsc6c3c52)C(=O)N(C2CCCCC2)C4=O)C(=O)N1C1CCCCC1. The van der Waals surface area contributed by atoms with Gasteiger partial charge in [0.05, 0.1) is 33.3 Å². The fourth-order valence-corrected chi connectivity index (χ4v) is 11.5. The predicted molar refractivity (Wildman–Crippen MR) is 189 cm³/mol. The number of hydrogen-bond donors (Lipinski definition) is 0. The molecule has 8 nitrogen and oxygen atoms in total. The first-order chi connectivity index (χ1) is 23.5. The molecule has 4 aliphatic rings. The van der Waals surface area contributed by atoms with Crippen LogP contribution in [0.5, 0.6) is 0 Å². The van der Waals surface area contributed by atoms with Crippen molar-refractivity contribution >= 4 is 110 Å². The molecule has 0 N–H and O–H groups in total. The van der Waals surface area contributed by atoms with Gasteiger partial charge in [-0.25, -0.2) is 0 Å². The number of rotatable bonds is 2. The number of nitrogens with zero attached hydrogens (tertiary/aromatic N) is 4. The molecule has 4 amide bonds. The average Bonchev–Trinajstić information content (AvgIpc) is 3.80. The van der Waals surface area contributed by atoms with Crippen molar-refractivity contribution in [3.8, 4) is 0 Å². The van der Waals surface area contributed by atoms with Crippen LogP contribution in [0.1, 0.15) is 106 Å². The molecule has 0 unspecified atom stereocenters. The number of carbonyl (C=O) groups is 4. The highest BCUT2D eigenvalue weighted by molar-refractivity contribution is 7.18. The van der Waals surface area contributed by atoms with Gasteiger partial charge in [-0.05, 0) is 48.6 Å². The van der Waals surface area contributed by atoms with E-state index < -0.39 is 0 Å². The van der Waals surface area contributed by atoms with E-state index in [2.05, 4.69) is 0 Å². The van der Waals surface area contributed by atoms with Gasteiger partial charge < -0.3 is 0 Å². The number of hydrogen-bond acceptors (Lipinski definition) is 8. The van der Waals surface area contributed by atoms with E-state index in [9.17, 15) is 19.2 Å². The van der Waals surface area contributed by atoms with Gasteiger partial charge in [-0.3, -0.25) is 38.9 Å². The lowest BCUT2D eigenvalue weighted by Gasteiger charge is -2.37. The first-order valence-electron chi connectivity index (χ1n) is 17.0. The standard InChI is InChI=1S/C38H28N4O4S2/c43-35-21-15-39-31-25-19-11-13-48-34(19)30-24-22(36(44)42(38(30)46)18-9-5-2-6-10-18)16-40-32(27(24)25)29-28(31)23(21)26(20-12-14-47-33(20)29)37(45)41(35)17-7-3-1-4-8-17/h11-18H,1-10H2. The molecule has 2 saturated carbocycles. The van der Waals surface area contributed by atoms with Gasteiger partial charge in [0.2, 0.25) is 0 Å². The number of pyridine rings is 2. The number of carbonyl (C=O) groups excluding carboxylic acids is 4. The first-order valence-corrected chi connectivity index (χ1v) is 18.8. The van der Waals surface area contributed by atoms with Gasteiger partial charge in [0.1, 0.15) is 0 Å². The number of benzene rings is 3. The molecule has 3 aromatic carbocycles. The molecule has 11 rings (SSSR count). The summed E-state index contributed by atoms with van der Waals surface area (Å²) in [6.45, 7) is 0. The number of aromatic nitrogens is 2. The zero-order valence-electron chi connectivity index (χ0n) is 25.9. The van der Waals surface area contributed by atoms with Crippen LogP contribution >= 0.6 is 22.7 Å². The second kappa shape index (κ2) is 9.54. The molecular weight excluding hydrogens is 641 g/mol. The van der Waals surface area contributed by atoms with Crippen LogP contribution in [0.4, 0.5) is 0 Å². The van der Waals surface area contributed by atoms with Crippen LogP contribution in [-0.4, -0.2) is 55.5 Å². The molecule has 6 heterocycles. The minimum absolute atomic E-state index is 0.114. The van der Waals surface area contributed by atoms with E-state index in [1.54, 1.807) is 23.7 Å². The van der Waals surface area contributed by atoms with E-state index in [-0.39, 0.29) is 35.7 Å². The molecule has 2 aliphatic heterocycles. The Labute approximate surface area is 281 Å². The molecule has 7 aromatic rings. The van der Waals surface area contributed by atoms with Crippen molar-refractivity contribution in [3.05, 3.63) is 57.5 Å². The third kappa shape index (κ3) is 3.21. The molecule has 236 valence electrons. The topological polar surface area (TPSA) is 101 Å². The highest BCUT2D eigenvalue weighted by Gasteiger charge is 2.43. The summed E-state index contributed by atoms with van der Waals surface area (Å²) in [5.41, 5.74) is 3.39. The Hall–Kier alpha value is -4.54. The summed E-state index contributed by atoms with van der Waals surface area (Å²) in [5.74, 6) is -0.998. The van der Waals surface area contributed by atoms with Crippen LogP contribution in [0.15, 0.2) is 35.3 Å². The summed E-state index contributed by atoms with van der Waals surface area (Å²) in [4.78, 5) is 70.7. The van der Waals surface area contributed by atoms with E-state index in [4.69, 9.17) is 9.97 Å². The van der Waals surface area contributed by atoms with Crippen LogP contribution in [0.2, 0.25) is 0 Å². The molecular formula is C38H28N4O4S2. The van der Waals surface area contributed by atoms with Gasteiger partial charge in [-0.15, -0.1) is 22.7 Å². The van der Waals surface area contributed by atoms with E-state index in [1.807, 2.05) is 22.9 Å². The molecule has 48 heavy (non-hydrogen) atoms. The molecule has 10 heteroatoms. The highest BCUT2D eigenvalue weighted by Crippen LogP contribution is 2.52. The number of fused-ring (bicyclic) bond motifs is 8. The quantitative estimate of drug-likeness (QED) is 0.104. The maximum absolute atomic E-state index is 14.5. The van der Waals surface area contributed by atoms with Crippen molar-refractivity contribution in [2.45, 2.75) is 76.3 Å². The fourth-order valence-electron chi connectivity index (χ4n) is 9.55. The Balaban J connectivity index is 1.29. The second-order valence-electron chi connectivity index (χ2n) is 13.9. The highest BCUT2D eigenvalue weighted by atomic mass is 32.1. The van der Waals surface area contributed by atoms with Crippen molar-refractivity contribution in [3.63, 3.8) is 0 Å².